The van der Waals surface area contributed by atoms with E-state index in [1.54, 1.807) is 12.1 Å². The second-order valence-corrected chi connectivity index (χ2v) is 5.96. The third kappa shape index (κ3) is 3.51. The van der Waals surface area contributed by atoms with Crippen LogP contribution in [0.15, 0.2) is 40.9 Å². The molecule has 2 aromatic carbocycles. The molecule has 0 amide bonds. The lowest BCUT2D eigenvalue weighted by Gasteiger charge is -2.15. The first-order valence-corrected chi connectivity index (χ1v) is 7.42. The van der Waals surface area contributed by atoms with Crippen molar-refractivity contribution >= 4 is 50.2 Å². The molecule has 0 aliphatic heterocycles. The van der Waals surface area contributed by atoms with Crippen molar-refractivity contribution < 1.29 is 4.39 Å². The third-order valence-corrected chi connectivity index (χ3v) is 3.98. The molecule has 110 valence electrons. The lowest BCUT2D eigenvalue weighted by molar-refractivity contribution is 0.625. The van der Waals surface area contributed by atoms with E-state index in [0.717, 1.165) is 11.4 Å². The zero-order valence-electron chi connectivity index (χ0n) is 11.7. The zero-order valence-corrected chi connectivity index (χ0v) is 14.1. The standard InChI is InChI=1S/C15H15BrFN3S/c1-20(2)10-5-3-4-9(8-10)19-12-7-6-11(15(18)21)13(16)14(12)17/h3-8,19H,1-2H3,(H2,18,21). The van der Waals surface area contributed by atoms with Gasteiger partial charge in [-0.05, 0) is 46.3 Å². The topological polar surface area (TPSA) is 41.3 Å². The molecule has 0 radical (unpaired) electrons. The van der Waals surface area contributed by atoms with E-state index in [2.05, 4.69) is 21.2 Å². The minimum absolute atomic E-state index is 0.155. The van der Waals surface area contributed by atoms with Gasteiger partial charge in [-0.1, -0.05) is 18.3 Å². The van der Waals surface area contributed by atoms with E-state index in [4.69, 9.17) is 18.0 Å². The van der Waals surface area contributed by atoms with E-state index >= 15 is 0 Å². The average Bonchev–Trinajstić information content (AvgIpc) is 2.44. The van der Waals surface area contributed by atoms with E-state index in [9.17, 15) is 4.39 Å². The summed E-state index contributed by atoms with van der Waals surface area (Å²) in [6.07, 6.45) is 0. The Hall–Kier alpha value is -1.66. The molecule has 0 aliphatic carbocycles. The van der Waals surface area contributed by atoms with E-state index in [1.807, 2.05) is 43.3 Å². The molecule has 2 aromatic rings. The first-order valence-electron chi connectivity index (χ1n) is 6.22. The van der Waals surface area contributed by atoms with Crippen LogP contribution in [0.25, 0.3) is 0 Å². The molecular formula is C15H15BrFN3S. The van der Waals surface area contributed by atoms with Crippen LogP contribution >= 0.6 is 28.1 Å². The molecule has 0 aromatic heterocycles. The predicted molar refractivity (Wildman–Crippen MR) is 94.0 cm³/mol. The van der Waals surface area contributed by atoms with Crippen LogP contribution in [-0.2, 0) is 0 Å². The van der Waals surface area contributed by atoms with Gasteiger partial charge in [0.15, 0.2) is 5.82 Å². The fourth-order valence-corrected chi connectivity index (χ4v) is 2.71. The Bertz CT molecular complexity index is 689. The highest BCUT2D eigenvalue weighted by molar-refractivity contribution is 9.10. The fourth-order valence-electron chi connectivity index (χ4n) is 1.85. The first kappa shape index (κ1) is 15.7. The molecule has 0 aliphatic rings. The Labute approximate surface area is 137 Å². The molecule has 0 fully saturated rings. The number of nitrogens with one attached hydrogen (secondary N) is 1. The highest BCUT2D eigenvalue weighted by atomic mass is 79.9. The lowest BCUT2D eigenvalue weighted by atomic mass is 10.2. The number of anilines is 3. The largest absolute Gasteiger partial charge is 0.389 e. The van der Waals surface area contributed by atoms with E-state index < -0.39 is 5.82 Å². The van der Waals surface area contributed by atoms with Crippen molar-refractivity contribution in [3.63, 3.8) is 0 Å². The summed E-state index contributed by atoms with van der Waals surface area (Å²) in [5, 5.41) is 3.06. The summed E-state index contributed by atoms with van der Waals surface area (Å²) < 4.78 is 14.6. The van der Waals surface area contributed by atoms with Gasteiger partial charge >= 0.3 is 0 Å². The molecule has 0 saturated heterocycles. The lowest BCUT2D eigenvalue weighted by Crippen LogP contribution is -2.11. The van der Waals surface area contributed by atoms with Crippen LogP contribution in [0.1, 0.15) is 5.56 Å². The Morgan fingerprint density at radius 1 is 1.29 bits per heavy atom. The fraction of sp³-hybridized carbons (Fsp3) is 0.133. The number of hydrogen-bond donors (Lipinski definition) is 2. The molecule has 0 spiro atoms. The Kier molecular flexibility index (Phi) is 4.80. The summed E-state index contributed by atoms with van der Waals surface area (Å²) in [6.45, 7) is 0. The van der Waals surface area contributed by atoms with Gasteiger partial charge < -0.3 is 16.0 Å². The van der Waals surface area contributed by atoms with Gasteiger partial charge in [0.25, 0.3) is 0 Å². The third-order valence-electron chi connectivity index (χ3n) is 2.99. The SMILES string of the molecule is CN(C)c1cccc(Nc2ccc(C(N)=S)c(Br)c2F)c1. The summed E-state index contributed by atoms with van der Waals surface area (Å²) in [5.41, 5.74) is 8.22. The summed E-state index contributed by atoms with van der Waals surface area (Å²) >= 11 is 8.08. The zero-order chi connectivity index (χ0) is 15.6. The van der Waals surface area contributed by atoms with Crippen molar-refractivity contribution in [2.45, 2.75) is 0 Å². The summed E-state index contributed by atoms with van der Waals surface area (Å²) in [5.74, 6) is -0.421. The summed E-state index contributed by atoms with van der Waals surface area (Å²) in [4.78, 5) is 2.13. The monoisotopic (exact) mass is 367 g/mol. The first-order chi connectivity index (χ1) is 9.90. The predicted octanol–water partition coefficient (Wildman–Crippen LogP) is 4.03. The van der Waals surface area contributed by atoms with Gasteiger partial charge in [-0.3, -0.25) is 0 Å². The second-order valence-electron chi connectivity index (χ2n) is 4.72. The van der Waals surface area contributed by atoms with Crippen LogP contribution in [0, 0.1) is 5.82 Å². The number of hydrogen-bond acceptors (Lipinski definition) is 3. The van der Waals surface area contributed by atoms with Crippen LogP contribution in [0.3, 0.4) is 0 Å². The van der Waals surface area contributed by atoms with E-state index in [1.165, 1.54) is 0 Å². The van der Waals surface area contributed by atoms with Gasteiger partial charge in [0.05, 0.1) is 10.2 Å². The van der Waals surface area contributed by atoms with E-state index in [0.29, 0.717) is 11.3 Å². The average molecular weight is 368 g/mol. The second kappa shape index (κ2) is 6.41. The number of benzene rings is 2. The Balaban J connectivity index is 2.34. The molecule has 0 saturated carbocycles. The number of thiocarbonyl (C=S) groups is 1. The molecule has 0 heterocycles. The van der Waals surface area contributed by atoms with Gasteiger partial charge in [-0.2, -0.15) is 0 Å². The van der Waals surface area contributed by atoms with Crippen LogP contribution in [0.5, 0.6) is 0 Å². The molecule has 6 heteroatoms. The van der Waals surface area contributed by atoms with Gasteiger partial charge in [0, 0.05) is 31.0 Å². The van der Waals surface area contributed by atoms with Gasteiger partial charge in [-0.15, -0.1) is 0 Å². The van der Waals surface area contributed by atoms with Crippen LogP contribution in [-0.4, -0.2) is 19.1 Å². The number of rotatable bonds is 4. The summed E-state index contributed by atoms with van der Waals surface area (Å²) in [7, 11) is 3.90. The van der Waals surface area contributed by atoms with Crippen LogP contribution < -0.4 is 16.0 Å². The van der Waals surface area contributed by atoms with Gasteiger partial charge in [0.1, 0.15) is 4.99 Å². The minimum Gasteiger partial charge on any atom is -0.389 e. The van der Waals surface area contributed by atoms with Crippen LogP contribution in [0.2, 0.25) is 0 Å². The Morgan fingerprint density at radius 3 is 2.62 bits per heavy atom. The maximum absolute atomic E-state index is 14.3. The van der Waals surface area contributed by atoms with Crippen molar-refractivity contribution in [3.8, 4) is 0 Å². The van der Waals surface area contributed by atoms with Crippen molar-refractivity contribution in [1.29, 1.82) is 0 Å². The molecule has 3 nitrogen and oxygen atoms in total. The quantitative estimate of drug-likeness (QED) is 0.800. The van der Waals surface area contributed by atoms with Gasteiger partial charge in [-0.25, -0.2) is 4.39 Å². The van der Waals surface area contributed by atoms with Crippen molar-refractivity contribution in [2.24, 2.45) is 5.73 Å². The maximum Gasteiger partial charge on any atom is 0.161 e. The highest BCUT2D eigenvalue weighted by Gasteiger charge is 2.13. The molecular weight excluding hydrogens is 353 g/mol. The highest BCUT2D eigenvalue weighted by Crippen LogP contribution is 2.30. The van der Waals surface area contributed by atoms with E-state index in [-0.39, 0.29) is 9.46 Å². The number of nitrogens with two attached hydrogens (primary N) is 1. The molecule has 3 N–H and O–H groups in total. The van der Waals surface area contributed by atoms with Crippen molar-refractivity contribution in [2.75, 3.05) is 24.3 Å². The smallest absolute Gasteiger partial charge is 0.161 e. The Morgan fingerprint density at radius 2 is 2.00 bits per heavy atom. The molecule has 0 bridgehead atoms. The normalized spacial score (nSPS) is 10.3. The molecule has 21 heavy (non-hydrogen) atoms. The van der Waals surface area contributed by atoms with Gasteiger partial charge in [0.2, 0.25) is 0 Å². The number of nitrogens with zero attached hydrogens (tertiary/aromatic N) is 1. The molecule has 0 unspecified atom stereocenters. The minimum atomic E-state index is -0.421. The van der Waals surface area contributed by atoms with Crippen LogP contribution in [0.4, 0.5) is 21.5 Å². The summed E-state index contributed by atoms with van der Waals surface area (Å²) in [6, 6.07) is 11.0. The van der Waals surface area contributed by atoms with Crippen molar-refractivity contribution in [3.05, 3.63) is 52.3 Å². The maximum atomic E-state index is 14.3. The molecule has 0 atom stereocenters. The van der Waals surface area contributed by atoms with Crippen molar-refractivity contribution in [1.82, 2.24) is 0 Å². The number of halogens is 2. The molecule has 2 rings (SSSR count).